The Bertz CT molecular complexity index is 498. The quantitative estimate of drug-likeness (QED) is 0.0962. The molecule has 1 fully saturated rings. The number of unbranched alkanes of at least 4 members (excludes halogenated alkanes) is 1. The third-order valence-electron chi connectivity index (χ3n) is 4.04. The van der Waals surface area contributed by atoms with Crippen LogP contribution in [0, 0.1) is 11.8 Å². The zero-order valence-electron chi connectivity index (χ0n) is 17.1. The molecule has 27 heavy (non-hydrogen) atoms. The molecular formula is C20H33IO4S2. The standard InChI is InChI=1S/C20H33IO4S2/c1-6-26-19(27-7-2)17-14-16(24-20(3,4)25-17)15(21)12-10-8-9-11-13-18(22)23-5/h15-17,19H,6-7,9,11-14H2,1-5H3/t15-,16-,17+/m0/s1. The highest BCUT2D eigenvalue weighted by Crippen LogP contribution is 2.39. The Morgan fingerprint density at radius 3 is 2.44 bits per heavy atom. The minimum Gasteiger partial charge on any atom is -0.469 e. The van der Waals surface area contributed by atoms with Gasteiger partial charge in [0.15, 0.2) is 5.79 Å². The monoisotopic (exact) mass is 528 g/mol. The minimum absolute atomic E-state index is 0.140. The van der Waals surface area contributed by atoms with Gasteiger partial charge in [-0.05, 0) is 31.8 Å². The lowest BCUT2D eigenvalue weighted by Gasteiger charge is -2.44. The van der Waals surface area contributed by atoms with Crippen molar-refractivity contribution in [3.05, 3.63) is 0 Å². The number of hydrogen-bond acceptors (Lipinski definition) is 6. The van der Waals surface area contributed by atoms with Gasteiger partial charge in [0, 0.05) is 29.6 Å². The van der Waals surface area contributed by atoms with Gasteiger partial charge < -0.3 is 14.2 Å². The fourth-order valence-corrected chi connectivity index (χ4v) is 6.16. The summed E-state index contributed by atoms with van der Waals surface area (Å²) in [5.74, 6) is 7.88. The van der Waals surface area contributed by atoms with Crippen LogP contribution in [0.1, 0.15) is 59.8 Å². The second-order valence-corrected chi connectivity index (χ2v) is 11.5. The zero-order chi connectivity index (χ0) is 20.3. The summed E-state index contributed by atoms with van der Waals surface area (Å²) in [5, 5.41) is 0. The van der Waals surface area contributed by atoms with Gasteiger partial charge in [0.1, 0.15) is 0 Å². The topological polar surface area (TPSA) is 44.8 Å². The van der Waals surface area contributed by atoms with Gasteiger partial charge in [0.25, 0.3) is 0 Å². The number of alkyl halides is 1. The minimum atomic E-state index is -0.564. The molecule has 0 aliphatic carbocycles. The average molecular weight is 529 g/mol. The van der Waals surface area contributed by atoms with Gasteiger partial charge in [-0.15, -0.1) is 35.4 Å². The first-order valence-electron chi connectivity index (χ1n) is 9.58. The van der Waals surface area contributed by atoms with Crippen LogP contribution in [-0.4, -0.2) is 51.1 Å². The number of halogens is 1. The summed E-state index contributed by atoms with van der Waals surface area (Å²) < 4.78 is 17.9. The molecule has 3 atom stereocenters. The second-order valence-electron chi connectivity index (χ2n) is 6.73. The van der Waals surface area contributed by atoms with Crippen LogP contribution >= 0.6 is 46.1 Å². The number of thioether (sulfide) groups is 2. The summed E-state index contributed by atoms with van der Waals surface area (Å²) >= 11 is 6.40. The van der Waals surface area contributed by atoms with Crippen molar-refractivity contribution in [1.29, 1.82) is 0 Å². The first kappa shape index (κ1) is 25.4. The lowest BCUT2D eigenvalue weighted by molar-refractivity contribution is -0.295. The number of carbonyl (C=O) groups is 1. The van der Waals surface area contributed by atoms with Crippen molar-refractivity contribution in [1.82, 2.24) is 0 Å². The number of hydrogen-bond donors (Lipinski definition) is 0. The van der Waals surface area contributed by atoms with Crippen LogP contribution in [0.3, 0.4) is 0 Å². The molecule has 0 spiro atoms. The SMILES string of the molecule is CCSC(SCC)[C@H]1C[C@@H]([C@@H](I)CC#CCCCC(=O)OC)OC(C)(C)O1. The van der Waals surface area contributed by atoms with Gasteiger partial charge in [0.05, 0.1) is 23.9 Å². The Morgan fingerprint density at radius 2 is 1.85 bits per heavy atom. The Balaban J connectivity index is 2.57. The molecule has 1 aliphatic rings. The molecule has 0 aromatic rings. The van der Waals surface area contributed by atoms with E-state index in [4.69, 9.17) is 9.47 Å². The van der Waals surface area contributed by atoms with Crippen LogP contribution in [-0.2, 0) is 19.0 Å². The summed E-state index contributed by atoms with van der Waals surface area (Å²) in [7, 11) is 1.42. The van der Waals surface area contributed by atoms with Crippen molar-refractivity contribution >= 4 is 52.1 Å². The normalized spacial score (nSPS) is 22.8. The van der Waals surface area contributed by atoms with Crippen LogP contribution in [0.4, 0.5) is 0 Å². The summed E-state index contributed by atoms with van der Waals surface area (Å²) in [4.78, 5) is 11.1. The van der Waals surface area contributed by atoms with Crippen LogP contribution in [0.25, 0.3) is 0 Å². The number of carbonyl (C=O) groups excluding carboxylic acids is 1. The van der Waals surface area contributed by atoms with E-state index in [1.165, 1.54) is 7.11 Å². The summed E-state index contributed by atoms with van der Waals surface area (Å²) in [6.45, 7) is 8.43. The van der Waals surface area contributed by atoms with Crippen molar-refractivity contribution in [3.63, 3.8) is 0 Å². The Morgan fingerprint density at radius 1 is 1.22 bits per heavy atom. The lowest BCUT2D eigenvalue weighted by atomic mass is 10.0. The van der Waals surface area contributed by atoms with Gasteiger partial charge in [-0.25, -0.2) is 0 Å². The van der Waals surface area contributed by atoms with Crippen molar-refractivity contribution in [2.45, 2.75) is 86.3 Å². The summed E-state index contributed by atoms with van der Waals surface area (Å²) in [6.07, 6.45) is 3.94. The molecule has 1 aliphatic heterocycles. The van der Waals surface area contributed by atoms with Crippen LogP contribution in [0.2, 0.25) is 0 Å². The highest BCUT2D eigenvalue weighted by atomic mass is 127. The molecule has 0 amide bonds. The smallest absolute Gasteiger partial charge is 0.305 e. The molecule has 4 nitrogen and oxygen atoms in total. The van der Waals surface area contributed by atoms with Crippen LogP contribution < -0.4 is 0 Å². The molecule has 1 rings (SSSR count). The lowest BCUT2D eigenvalue weighted by Crippen LogP contribution is -2.50. The van der Waals surface area contributed by atoms with E-state index in [1.54, 1.807) is 0 Å². The third-order valence-corrected chi connectivity index (χ3v) is 8.03. The van der Waals surface area contributed by atoms with E-state index in [2.05, 4.69) is 53.0 Å². The van der Waals surface area contributed by atoms with Gasteiger partial charge >= 0.3 is 5.97 Å². The second kappa shape index (κ2) is 13.6. The fourth-order valence-electron chi connectivity index (χ4n) is 2.87. The van der Waals surface area contributed by atoms with Gasteiger partial charge in [0.2, 0.25) is 0 Å². The first-order valence-corrected chi connectivity index (χ1v) is 12.9. The largest absolute Gasteiger partial charge is 0.469 e. The number of esters is 1. The molecule has 0 aromatic carbocycles. The van der Waals surface area contributed by atoms with Gasteiger partial charge in [-0.3, -0.25) is 4.79 Å². The van der Waals surface area contributed by atoms with Crippen molar-refractivity contribution in [2.75, 3.05) is 18.6 Å². The molecule has 0 N–H and O–H groups in total. The molecule has 7 heteroatoms. The maximum absolute atomic E-state index is 11.1. The summed E-state index contributed by atoms with van der Waals surface area (Å²) in [6, 6.07) is 0. The highest BCUT2D eigenvalue weighted by molar-refractivity contribution is 14.1. The maximum Gasteiger partial charge on any atom is 0.305 e. The molecule has 0 aromatic heterocycles. The van der Waals surface area contributed by atoms with Gasteiger partial charge in [-0.1, -0.05) is 36.4 Å². The van der Waals surface area contributed by atoms with Gasteiger partial charge in [-0.2, -0.15) is 0 Å². The Kier molecular flexibility index (Phi) is 12.8. The molecule has 0 unspecified atom stereocenters. The zero-order valence-corrected chi connectivity index (χ0v) is 20.9. The van der Waals surface area contributed by atoms with E-state index in [0.29, 0.717) is 14.9 Å². The van der Waals surface area contributed by atoms with E-state index < -0.39 is 5.79 Å². The molecule has 0 bridgehead atoms. The molecule has 156 valence electrons. The predicted octanol–water partition coefficient (Wildman–Crippen LogP) is 5.27. The third kappa shape index (κ3) is 10.1. The van der Waals surface area contributed by atoms with E-state index in [-0.39, 0.29) is 18.2 Å². The first-order chi connectivity index (χ1) is 12.8. The molecule has 0 saturated carbocycles. The number of methoxy groups -OCH3 is 1. The van der Waals surface area contributed by atoms with Crippen LogP contribution in [0.15, 0.2) is 0 Å². The average Bonchev–Trinajstić information content (AvgIpc) is 2.62. The van der Waals surface area contributed by atoms with E-state index >= 15 is 0 Å². The Labute approximate surface area is 187 Å². The number of rotatable bonds is 10. The molecule has 1 saturated heterocycles. The van der Waals surface area contributed by atoms with Crippen molar-refractivity contribution in [3.8, 4) is 11.8 Å². The Hall–Kier alpha value is 0.380. The van der Waals surface area contributed by atoms with Crippen molar-refractivity contribution < 1.29 is 19.0 Å². The maximum atomic E-state index is 11.1. The fraction of sp³-hybridized carbons (Fsp3) is 0.850. The van der Waals surface area contributed by atoms with Crippen LogP contribution in [0.5, 0.6) is 0 Å². The van der Waals surface area contributed by atoms with E-state index in [0.717, 1.165) is 37.2 Å². The molecule has 1 heterocycles. The van der Waals surface area contributed by atoms with E-state index in [9.17, 15) is 4.79 Å². The molecular weight excluding hydrogens is 495 g/mol. The molecule has 0 radical (unpaired) electrons. The van der Waals surface area contributed by atoms with Crippen molar-refractivity contribution in [2.24, 2.45) is 0 Å². The predicted molar refractivity (Wildman–Crippen MR) is 125 cm³/mol. The number of ether oxygens (including phenoxy) is 3. The summed E-state index contributed by atoms with van der Waals surface area (Å²) in [5.41, 5.74) is 0. The highest BCUT2D eigenvalue weighted by Gasteiger charge is 2.41. The van der Waals surface area contributed by atoms with E-state index in [1.807, 2.05) is 37.4 Å².